The maximum atomic E-state index is 14.0. The van der Waals surface area contributed by atoms with Gasteiger partial charge in [0.2, 0.25) is 11.8 Å². The molecule has 0 bridgehead atoms. The number of halogens is 3. The van der Waals surface area contributed by atoms with Gasteiger partial charge in [-0.1, -0.05) is 6.92 Å². The van der Waals surface area contributed by atoms with Gasteiger partial charge in [-0.15, -0.1) is 0 Å². The summed E-state index contributed by atoms with van der Waals surface area (Å²) in [5.74, 6) is -2.10. The molecule has 1 aliphatic rings. The number of anilines is 1. The van der Waals surface area contributed by atoms with Crippen molar-refractivity contribution in [1.82, 2.24) is 9.55 Å². The highest BCUT2D eigenvalue weighted by Crippen LogP contribution is 2.39. The lowest BCUT2D eigenvalue weighted by Crippen LogP contribution is -2.42. The number of hydrogen-bond acceptors (Lipinski definition) is 5. The van der Waals surface area contributed by atoms with Crippen molar-refractivity contribution in [3.05, 3.63) is 81.9 Å². The predicted molar refractivity (Wildman–Crippen MR) is 146 cm³/mol. The van der Waals surface area contributed by atoms with Crippen LogP contribution in [-0.4, -0.2) is 32.6 Å². The Labute approximate surface area is 235 Å². The second-order valence-corrected chi connectivity index (χ2v) is 10.7. The summed E-state index contributed by atoms with van der Waals surface area (Å²) in [6, 6.07) is 6.98. The van der Waals surface area contributed by atoms with Gasteiger partial charge in [0.15, 0.2) is 5.43 Å². The van der Waals surface area contributed by atoms with Crippen molar-refractivity contribution in [2.75, 3.05) is 4.90 Å². The summed E-state index contributed by atoms with van der Waals surface area (Å²) < 4.78 is 48.9. The lowest BCUT2D eigenvalue weighted by atomic mass is 9.82. The molecule has 0 saturated heterocycles. The van der Waals surface area contributed by atoms with Crippen molar-refractivity contribution in [2.45, 2.75) is 65.2 Å². The van der Waals surface area contributed by atoms with Gasteiger partial charge in [0, 0.05) is 49.2 Å². The molecule has 4 rings (SSSR count). The standard InChI is InChI=1S/C30H32F3N3O5/c1-18(2)36(28(38)21-6-4-19(3)5-7-21)26-9-8-23(15-24(26)29(39)40)41-27-25(30(31,32)33)14-20(16-34-27)17-35-12-10-22(37)11-13-35/h8-16,18-19,21H,4-7,17H2,1-3H3,(H,39,40). The SMILES string of the molecule is CC1CCC(C(=O)N(c2ccc(Oc3ncc(Cn4ccc(=O)cc4)cc3C(F)(F)F)cc2C(=O)O)C(C)C)CC1. The highest BCUT2D eigenvalue weighted by atomic mass is 19.4. The van der Waals surface area contributed by atoms with Crippen LogP contribution in [0.2, 0.25) is 0 Å². The molecule has 11 heteroatoms. The maximum Gasteiger partial charge on any atom is 0.421 e. The maximum absolute atomic E-state index is 14.0. The van der Waals surface area contributed by atoms with Crippen LogP contribution in [0.5, 0.6) is 11.6 Å². The first-order valence-electron chi connectivity index (χ1n) is 13.4. The Kier molecular flexibility index (Phi) is 8.84. The van der Waals surface area contributed by atoms with Crippen LogP contribution in [0.25, 0.3) is 0 Å². The average molecular weight is 572 g/mol. The lowest BCUT2D eigenvalue weighted by molar-refractivity contribution is -0.139. The van der Waals surface area contributed by atoms with E-state index in [9.17, 15) is 32.7 Å². The van der Waals surface area contributed by atoms with Crippen LogP contribution < -0.4 is 15.1 Å². The van der Waals surface area contributed by atoms with Crippen LogP contribution in [0.1, 0.15) is 67.9 Å². The highest BCUT2D eigenvalue weighted by Gasteiger charge is 2.36. The van der Waals surface area contributed by atoms with E-state index >= 15 is 0 Å². The van der Waals surface area contributed by atoms with Crippen molar-refractivity contribution < 1.29 is 32.6 Å². The Balaban J connectivity index is 1.64. The number of carboxylic acids is 1. The molecule has 1 amide bonds. The Hall–Kier alpha value is -4.15. The molecule has 1 N–H and O–H groups in total. The van der Waals surface area contributed by atoms with Gasteiger partial charge in [-0.25, -0.2) is 9.78 Å². The van der Waals surface area contributed by atoms with E-state index in [4.69, 9.17) is 4.74 Å². The van der Waals surface area contributed by atoms with E-state index in [0.717, 1.165) is 37.8 Å². The van der Waals surface area contributed by atoms with Crippen molar-refractivity contribution in [2.24, 2.45) is 11.8 Å². The van der Waals surface area contributed by atoms with Gasteiger partial charge in [0.05, 0.1) is 11.3 Å². The van der Waals surface area contributed by atoms with Crippen molar-refractivity contribution in [3.8, 4) is 11.6 Å². The first-order valence-corrected chi connectivity index (χ1v) is 13.4. The number of aromatic nitrogens is 2. The molecule has 2 aromatic heterocycles. The number of benzene rings is 1. The molecular formula is C30H32F3N3O5. The number of alkyl halides is 3. The van der Waals surface area contributed by atoms with Crippen molar-refractivity contribution in [3.63, 3.8) is 0 Å². The summed E-state index contributed by atoms with van der Waals surface area (Å²) in [6.45, 7) is 5.75. The zero-order chi connectivity index (χ0) is 29.9. The molecule has 3 aromatic rings. The summed E-state index contributed by atoms with van der Waals surface area (Å²) in [5.41, 5.74) is -1.25. The highest BCUT2D eigenvalue weighted by molar-refractivity contribution is 6.03. The number of aromatic carboxylic acids is 1. The number of pyridine rings is 2. The number of nitrogens with zero attached hydrogens (tertiary/aromatic N) is 3. The summed E-state index contributed by atoms with van der Waals surface area (Å²) in [4.78, 5) is 42.4. The Morgan fingerprint density at radius 1 is 1.10 bits per heavy atom. The largest absolute Gasteiger partial charge is 0.478 e. The Morgan fingerprint density at radius 2 is 1.76 bits per heavy atom. The lowest BCUT2D eigenvalue weighted by Gasteiger charge is -2.34. The van der Waals surface area contributed by atoms with E-state index in [2.05, 4.69) is 11.9 Å². The summed E-state index contributed by atoms with van der Waals surface area (Å²) in [5, 5.41) is 9.98. The molecule has 1 fully saturated rings. The molecule has 0 atom stereocenters. The fourth-order valence-corrected chi connectivity index (χ4v) is 5.05. The van der Waals surface area contributed by atoms with Gasteiger partial charge in [0.1, 0.15) is 11.3 Å². The Bertz CT molecular complexity index is 1460. The molecule has 0 unspecified atom stereocenters. The van der Waals surface area contributed by atoms with Crippen LogP contribution in [0, 0.1) is 11.8 Å². The molecule has 8 nitrogen and oxygen atoms in total. The van der Waals surface area contributed by atoms with Gasteiger partial charge >= 0.3 is 12.1 Å². The topological polar surface area (TPSA) is 102 Å². The van der Waals surface area contributed by atoms with Crippen LogP contribution >= 0.6 is 0 Å². The number of ether oxygens (including phenoxy) is 1. The van der Waals surface area contributed by atoms with E-state index in [0.29, 0.717) is 5.92 Å². The minimum absolute atomic E-state index is 0.0352. The quantitative estimate of drug-likeness (QED) is 0.337. The number of hydrogen-bond donors (Lipinski definition) is 1. The van der Waals surface area contributed by atoms with Gasteiger partial charge in [-0.3, -0.25) is 9.59 Å². The van der Waals surface area contributed by atoms with Crippen molar-refractivity contribution >= 4 is 17.6 Å². The van der Waals surface area contributed by atoms with Gasteiger partial charge < -0.3 is 19.3 Å². The third-order valence-corrected chi connectivity index (χ3v) is 7.23. The zero-order valence-electron chi connectivity index (χ0n) is 23.0. The van der Waals surface area contributed by atoms with Crippen LogP contribution in [0.15, 0.2) is 59.8 Å². The normalized spacial score (nSPS) is 17.3. The molecule has 1 aromatic carbocycles. The molecule has 218 valence electrons. The molecule has 1 aliphatic carbocycles. The second kappa shape index (κ2) is 12.2. The van der Waals surface area contributed by atoms with E-state index in [1.54, 1.807) is 13.8 Å². The third-order valence-electron chi connectivity index (χ3n) is 7.23. The first-order chi connectivity index (χ1) is 19.3. The van der Waals surface area contributed by atoms with E-state index in [-0.39, 0.29) is 52.4 Å². The Morgan fingerprint density at radius 3 is 2.34 bits per heavy atom. The fourth-order valence-electron chi connectivity index (χ4n) is 5.05. The van der Waals surface area contributed by atoms with Gasteiger partial charge in [-0.2, -0.15) is 13.2 Å². The number of amides is 1. The van der Waals surface area contributed by atoms with E-state index < -0.39 is 23.6 Å². The summed E-state index contributed by atoms with van der Waals surface area (Å²) >= 11 is 0. The molecule has 2 heterocycles. The summed E-state index contributed by atoms with van der Waals surface area (Å²) in [6.07, 6.45) is 2.59. The smallest absolute Gasteiger partial charge is 0.421 e. The number of rotatable bonds is 8. The van der Waals surface area contributed by atoms with Crippen molar-refractivity contribution in [1.29, 1.82) is 0 Å². The number of carbonyl (C=O) groups excluding carboxylic acids is 1. The van der Waals surface area contributed by atoms with Crippen LogP contribution in [0.3, 0.4) is 0 Å². The monoisotopic (exact) mass is 571 g/mol. The van der Waals surface area contributed by atoms with Gasteiger partial charge in [-0.05, 0) is 75.3 Å². The molecule has 0 spiro atoms. The van der Waals surface area contributed by atoms with Crippen LogP contribution in [-0.2, 0) is 17.5 Å². The summed E-state index contributed by atoms with van der Waals surface area (Å²) in [7, 11) is 0. The minimum Gasteiger partial charge on any atom is -0.478 e. The fraction of sp³-hybridized carbons (Fsp3) is 0.400. The predicted octanol–water partition coefficient (Wildman–Crippen LogP) is 6.37. The molecule has 41 heavy (non-hydrogen) atoms. The molecular weight excluding hydrogens is 539 g/mol. The average Bonchev–Trinajstić information content (AvgIpc) is 2.91. The zero-order valence-corrected chi connectivity index (χ0v) is 23.0. The first kappa shape index (κ1) is 29.8. The second-order valence-electron chi connectivity index (χ2n) is 10.7. The van der Waals surface area contributed by atoms with Crippen LogP contribution in [0.4, 0.5) is 18.9 Å². The van der Waals surface area contributed by atoms with E-state index in [1.165, 1.54) is 52.3 Å². The van der Waals surface area contributed by atoms with E-state index in [1.807, 2.05) is 0 Å². The molecule has 0 radical (unpaired) electrons. The number of carbonyl (C=O) groups is 2. The number of carboxylic acid groups (broad SMARTS) is 1. The minimum atomic E-state index is -4.81. The molecule has 1 saturated carbocycles. The van der Waals surface area contributed by atoms with Gasteiger partial charge in [0.25, 0.3) is 0 Å². The molecule has 0 aliphatic heterocycles. The third kappa shape index (κ3) is 7.14.